The average molecular weight is 426 g/mol. The first-order chi connectivity index (χ1) is 12.9. The fourth-order valence-electron chi connectivity index (χ4n) is 3.40. The van der Waals surface area contributed by atoms with Crippen LogP contribution in [0.2, 0.25) is 10.0 Å². The number of hydrogen-bond acceptors (Lipinski definition) is 5. The molecular formula is C19H17Cl2NO4S. The van der Waals surface area contributed by atoms with E-state index < -0.39 is 23.2 Å². The number of carbonyl (C=O) groups excluding carboxylic acids is 1. The quantitative estimate of drug-likeness (QED) is 0.358. The van der Waals surface area contributed by atoms with Gasteiger partial charge >= 0.3 is 5.97 Å². The summed E-state index contributed by atoms with van der Waals surface area (Å²) in [6.45, 7) is 1.94. The van der Waals surface area contributed by atoms with Gasteiger partial charge in [0.15, 0.2) is 0 Å². The van der Waals surface area contributed by atoms with E-state index in [4.69, 9.17) is 27.9 Å². The molecule has 1 heterocycles. The van der Waals surface area contributed by atoms with Crippen LogP contribution in [0.3, 0.4) is 0 Å². The molecular weight excluding hydrogens is 409 g/mol. The lowest BCUT2D eigenvalue weighted by Crippen LogP contribution is -2.37. The number of thioether (sulfide) groups is 1. The number of esters is 1. The van der Waals surface area contributed by atoms with Gasteiger partial charge in [-0.25, -0.2) is 0 Å². The molecule has 3 atom stereocenters. The third-order valence-corrected chi connectivity index (χ3v) is 6.57. The Morgan fingerprint density at radius 3 is 2.48 bits per heavy atom. The summed E-state index contributed by atoms with van der Waals surface area (Å²) in [5.74, 6) is -1.09. The van der Waals surface area contributed by atoms with Gasteiger partial charge in [-0.2, -0.15) is 0 Å². The fourth-order valence-corrected chi connectivity index (χ4v) is 5.74. The van der Waals surface area contributed by atoms with E-state index in [-0.39, 0.29) is 18.0 Å². The first kappa shape index (κ1) is 20.0. The van der Waals surface area contributed by atoms with Crippen molar-refractivity contribution in [1.82, 2.24) is 0 Å². The molecule has 3 rings (SSSR count). The maximum Gasteiger partial charge on any atom is 0.306 e. The number of halogens is 2. The lowest BCUT2D eigenvalue weighted by atomic mass is 9.84. The molecule has 2 aromatic carbocycles. The van der Waals surface area contributed by atoms with Crippen molar-refractivity contribution in [2.24, 2.45) is 0 Å². The minimum Gasteiger partial charge on any atom is -0.466 e. The van der Waals surface area contributed by atoms with Gasteiger partial charge in [0.25, 0.3) is 0 Å². The summed E-state index contributed by atoms with van der Waals surface area (Å²) < 4.78 is 5.06. The van der Waals surface area contributed by atoms with Crippen LogP contribution in [0.4, 0.5) is 0 Å². The van der Waals surface area contributed by atoms with Crippen LogP contribution in [-0.2, 0) is 9.53 Å². The van der Waals surface area contributed by atoms with Crippen molar-refractivity contribution in [3.05, 3.63) is 73.8 Å². The Hall–Kier alpha value is -1.76. The largest absolute Gasteiger partial charge is 0.466 e. The fraction of sp³-hybridized carbons (Fsp3) is 0.316. The van der Waals surface area contributed by atoms with E-state index in [9.17, 15) is 14.9 Å². The van der Waals surface area contributed by atoms with Crippen molar-refractivity contribution in [3.63, 3.8) is 0 Å². The molecule has 0 saturated heterocycles. The molecule has 1 aliphatic rings. The summed E-state index contributed by atoms with van der Waals surface area (Å²) in [5.41, 5.74) is 1.30. The molecule has 0 aromatic heterocycles. The summed E-state index contributed by atoms with van der Waals surface area (Å²) in [6.07, 6.45) is -0.0738. The van der Waals surface area contributed by atoms with E-state index >= 15 is 0 Å². The minimum atomic E-state index is -1.06. The van der Waals surface area contributed by atoms with Gasteiger partial charge in [0.1, 0.15) is 5.25 Å². The average Bonchev–Trinajstić information content (AvgIpc) is 2.61. The van der Waals surface area contributed by atoms with E-state index in [2.05, 4.69) is 0 Å². The number of ether oxygens (including phenoxy) is 1. The number of fused-ring (bicyclic) bond motifs is 1. The molecule has 8 heteroatoms. The molecule has 27 heavy (non-hydrogen) atoms. The maximum absolute atomic E-state index is 12.2. The van der Waals surface area contributed by atoms with Gasteiger partial charge in [0, 0.05) is 25.4 Å². The predicted molar refractivity (Wildman–Crippen MR) is 106 cm³/mol. The van der Waals surface area contributed by atoms with Crippen LogP contribution >= 0.6 is 35.0 Å². The SMILES string of the molecule is CCOC(=O)C[C@@H]1c2ccccc2S[C@H](c2c(Cl)cccc2Cl)[C@H]1[N+](=O)[O-]. The van der Waals surface area contributed by atoms with E-state index in [1.807, 2.05) is 24.3 Å². The molecule has 5 nitrogen and oxygen atoms in total. The maximum atomic E-state index is 12.2. The second kappa shape index (κ2) is 8.50. The first-order valence-corrected chi connectivity index (χ1v) is 10.1. The summed E-state index contributed by atoms with van der Waals surface area (Å²) >= 11 is 14.1. The predicted octanol–water partition coefficient (Wildman–Crippen LogP) is 5.52. The zero-order valence-electron chi connectivity index (χ0n) is 14.4. The highest BCUT2D eigenvalue weighted by Gasteiger charge is 2.48. The standard InChI is InChI=1S/C19H17Cl2NO4S/c1-2-26-16(23)10-12-11-6-3-4-9-15(11)27-19(18(12)22(24)25)17-13(20)7-5-8-14(17)21/h3-9,12,18-19H,2,10H2,1H3/t12-,18+,19-/m1/s1. The van der Waals surface area contributed by atoms with Crippen LogP contribution in [0.5, 0.6) is 0 Å². The van der Waals surface area contributed by atoms with Gasteiger partial charge in [-0.05, 0) is 30.7 Å². The number of carbonyl (C=O) groups is 1. The Kier molecular flexibility index (Phi) is 6.29. The summed E-state index contributed by atoms with van der Waals surface area (Å²) in [6, 6.07) is 11.4. The Balaban J connectivity index is 2.13. The smallest absolute Gasteiger partial charge is 0.306 e. The highest BCUT2D eigenvalue weighted by Crippen LogP contribution is 2.54. The van der Waals surface area contributed by atoms with Crippen molar-refractivity contribution in [3.8, 4) is 0 Å². The van der Waals surface area contributed by atoms with Gasteiger partial charge in [-0.1, -0.05) is 47.5 Å². The van der Waals surface area contributed by atoms with Crippen LogP contribution in [0.25, 0.3) is 0 Å². The zero-order valence-corrected chi connectivity index (χ0v) is 16.8. The number of hydrogen-bond donors (Lipinski definition) is 0. The lowest BCUT2D eigenvalue weighted by molar-refractivity contribution is -0.527. The third-order valence-electron chi connectivity index (χ3n) is 4.51. The highest BCUT2D eigenvalue weighted by atomic mass is 35.5. The Bertz CT molecular complexity index is 856. The van der Waals surface area contributed by atoms with Crippen LogP contribution < -0.4 is 0 Å². The molecule has 0 N–H and O–H groups in total. The third kappa shape index (κ3) is 4.08. The molecule has 0 bridgehead atoms. The summed E-state index contributed by atoms with van der Waals surface area (Å²) in [7, 11) is 0. The van der Waals surface area contributed by atoms with Crippen LogP contribution in [-0.4, -0.2) is 23.5 Å². The lowest BCUT2D eigenvalue weighted by Gasteiger charge is -2.34. The zero-order chi connectivity index (χ0) is 19.6. The Morgan fingerprint density at radius 1 is 1.19 bits per heavy atom. The van der Waals surface area contributed by atoms with Crippen molar-refractivity contribution < 1.29 is 14.5 Å². The van der Waals surface area contributed by atoms with Gasteiger partial charge in [-0.3, -0.25) is 14.9 Å². The van der Waals surface area contributed by atoms with Crippen LogP contribution in [0.1, 0.15) is 35.6 Å². The molecule has 0 radical (unpaired) electrons. The molecule has 0 spiro atoms. The summed E-state index contributed by atoms with van der Waals surface area (Å²) in [5, 5.41) is 12.2. The van der Waals surface area contributed by atoms with Crippen LogP contribution in [0, 0.1) is 10.1 Å². The normalized spacial score (nSPS) is 21.4. The second-order valence-electron chi connectivity index (χ2n) is 6.10. The van der Waals surface area contributed by atoms with Gasteiger partial charge in [-0.15, -0.1) is 11.8 Å². The van der Waals surface area contributed by atoms with E-state index in [1.54, 1.807) is 25.1 Å². The molecule has 0 amide bonds. The Morgan fingerprint density at radius 2 is 1.85 bits per heavy atom. The number of rotatable bonds is 5. The van der Waals surface area contributed by atoms with Crippen molar-refractivity contribution in [1.29, 1.82) is 0 Å². The number of benzene rings is 2. The molecule has 142 valence electrons. The molecule has 2 aromatic rings. The summed E-state index contributed by atoms with van der Waals surface area (Å²) in [4.78, 5) is 24.8. The van der Waals surface area contributed by atoms with Crippen molar-refractivity contribution >= 4 is 40.9 Å². The van der Waals surface area contributed by atoms with E-state index in [0.717, 1.165) is 10.5 Å². The Labute approximate surface area is 171 Å². The molecule has 0 fully saturated rings. The molecule has 0 aliphatic carbocycles. The first-order valence-electron chi connectivity index (χ1n) is 8.42. The van der Waals surface area contributed by atoms with E-state index in [0.29, 0.717) is 15.6 Å². The minimum absolute atomic E-state index is 0.0738. The van der Waals surface area contributed by atoms with Crippen molar-refractivity contribution in [2.45, 2.75) is 35.4 Å². The molecule has 0 saturated carbocycles. The van der Waals surface area contributed by atoms with Gasteiger partial charge in [0.2, 0.25) is 6.04 Å². The van der Waals surface area contributed by atoms with Crippen molar-refractivity contribution in [2.75, 3.05) is 6.61 Å². The molecule has 0 unspecified atom stereocenters. The topological polar surface area (TPSA) is 69.4 Å². The molecule has 1 aliphatic heterocycles. The van der Waals surface area contributed by atoms with Gasteiger partial charge in [0.05, 0.1) is 18.9 Å². The van der Waals surface area contributed by atoms with Crippen LogP contribution in [0.15, 0.2) is 47.4 Å². The van der Waals surface area contributed by atoms with Gasteiger partial charge < -0.3 is 4.74 Å². The monoisotopic (exact) mass is 425 g/mol. The number of nitrogens with zero attached hydrogens (tertiary/aromatic N) is 1. The highest BCUT2D eigenvalue weighted by molar-refractivity contribution is 7.99. The second-order valence-corrected chi connectivity index (χ2v) is 8.10. The van der Waals surface area contributed by atoms with E-state index in [1.165, 1.54) is 11.8 Å². The number of nitro groups is 1.